The van der Waals surface area contributed by atoms with E-state index in [-0.39, 0.29) is 36.7 Å². The molecule has 9 nitrogen and oxygen atoms in total. The van der Waals surface area contributed by atoms with Gasteiger partial charge in [-0.3, -0.25) is 14.4 Å². The Morgan fingerprint density at radius 1 is 1.11 bits per heavy atom. The summed E-state index contributed by atoms with van der Waals surface area (Å²) in [4.78, 5) is 52.1. The Hall–Kier alpha value is -3.10. The molecule has 2 heterocycles. The lowest BCUT2D eigenvalue weighted by atomic mass is 10.1. The maximum Gasteiger partial charge on any atom is 0.409 e. The molecule has 2 N–H and O–H groups in total. The average Bonchev–Trinajstić information content (AvgIpc) is 2.82. The fourth-order valence-corrected chi connectivity index (χ4v) is 3.29. The summed E-state index contributed by atoms with van der Waals surface area (Å²) >= 11 is 0. The highest BCUT2D eigenvalue weighted by Crippen LogP contribution is 2.19. The van der Waals surface area contributed by atoms with Crippen LogP contribution in [-0.2, 0) is 14.3 Å². The van der Waals surface area contributed by atoms with Crippen molar-refractivity contribution in [1.82, 2.24) is 15.1 Å². The van der Waals surface area contributed by atoms with Gasteiger partial charge in [0.05, 0.1) is 17.9 Å². The lowest BCUT2D eigenvalue weighted by molar-refractivity contribution is -0.133. The summed E-state index contributed by atoms with van der Waals surface area (Å²) in [7, 11) is 0. The van der Waals surface area contributed by atoms with E-state index in [1.54, 1.807) is 41.0 Å². The number of ether oxygens (including phenoxy) is 1. The SMILES string of the molecule is CCOC(=O)N1CCN(C(=O)CC[C@H]2NC(=O)c3ccccc3NC2=O)CC1. The summed E-state index contributed by atoms with van der Waals surface area (Å²) in [5, 5.41) is 5.42. The first kappa shape index (κ1) is 19.7. The second-order valence-corrected chi connectivity index (χ2v) is 6.67. The molecule has 0 spiro atoms. The van der Waals surface area contributed by atoms with Crippen LogP contribution in [-0.4, -0.2) is 72.4 Å². The van der Waals surface area contributed by atoms with Crippen LogP contribution in [0.15, 0.2) is 24.3 Å². The lowest BCUT2D eigenvalue weighted by Crippen LogP contribution is -2.51. The van der Waals surface area contributed by atoms with E-state index >= 15 is 0 Å². The minimum Gasteiger partial charge on any atom is -0.450 e. The normalized spacial score (nSPS) is 19.2. The van der Waals surface area contributed by atoms with Crippen molar-refractivity contribution in [3.8, 4) is 0 Å². The van der Waals surface area contributed by atoms with Crippen molar-refractivity contribution in [2.75, 3.05) is 38.1 Å². The molecule has 0 radical (unpaired) electrons. The van der Waals surface area contributed by atoms with E-state index in [0.29, 0.717) is 44.0 Å². The van der Waals surface area contributed by atoms with Crippen LogP contribution in [0.3, 0.4) is 0 Å². The average molecular weight is 388 g/mol. The Labute approximate surface area is 163 Å². The van der Waals surface area contributed by atoms with Crippen molar-refractivity contribution < 1.29 is 23.9 Å². The Balaban J connectivity index is 1.51. The number of carbonyl (C=O) groups excluding carboxylic acids is 4. The summed E-state index contributed by atoms with van der Waals surface area (Å²) in [6.07, 6.45) is -0.0247. The predicted octanol–water partition coefficient (Wildman–Crippen LogP) is 0.818. The minimum absolute atomic E-state index is 0.104. The maximum atomic E-state index is 12.5. The molecule has 1 fully saturated rings. The summed E-state index contributed by atoms with van der Waals surface area (Å²) in [5.41, 5.74) is 0.869. The van der Waals surface area contributed by atoms with Gasteiger partial charge in [-0.05, 0) is 25.5 Å². The lowest BCUT2D eigenvalue weighted by Gasteiger charge is -2.34. The zero-order valence-corrected chi connectivity index (χ0v) is 15.8. The van der Waals surface area contributed by atoms with Crippen molar-refractivity contribution in [3.05, 3.63) is 29.8 Å². The molecule has 150 valence electrons. The quantitative estimate of drug-likeness (QED) is 0.794. The van der Waals surface area contributed by atoms with Crippen LogP contribution in [0.25, 0.3) is 0 Å². The molecule has 1 aromatic rings. The van der Waals surface area contributed by atoms with Gasteiger partial charge in [-0.15, -0.1) is 0 Å². The molecule has 9 heteroatoms. The topological polar surface area (TPSA) is 108 Å². The van der Waals surface area contributed by atoms with E-state index in [1.807, 2.05) is 0 Å². The Morgan fingerprint density at radius 3 is 2.50 bits per heavy atom. The fourth-order valence-electron chi connectivity index (χ4n) is 3.29. The van der Waals surface area contributed by atoms with Crippen LogP contribution in [0, 0.1) is 0 Å². The van der Waals surface area contributed by atoms with Crippen molar-refractivity contribution in [1.29, 1.82) is 0 Å². The molecular formula is C19H24N4O5. The van der Waals surface area contributed by atoms with Gasteiger partial charge in [0.1, 0.15) is 6.04 Å². The molecule has 0 aromatic heterocycles. The maximum absolute atomic E-state index is 12.5. The minimum atomic E-state index is -0.773. The van der Waals surface area contributed by atoms with Crippen LogP contribution in [0.1, 0.15) is 30.1 Å². The smallest absolute Gasteiger partial charge is 0.409 e. The van der Waals surface area contributed by atoms with Gasteiger partial charge in [0.2, 0.25) is 11.8 Å². The molecule has 0 unspecified atom stereocenters. The number of rotatable bonds is 4. The number of amides is 4. The fraction of sp³-hybridized carbons (Fsp3) is 0.474. The second kappa shape index (κ2) is 8.73. The van der Waals surface area contributed by atoms with Gasteiger partial charge in [-0.2, -0.15) is 0 Å². The van der Waals surface area contributed by atoms with Crippen molar-refractivity contribution in [2.45, 2.75) is 25.8 Å². The molecular weight excluding hydrogens is 364 g/mol. The highest BCUT2D eigenvalue weighted by molar-refractivity contribution is 6.09. The molecule has 3 rings (SSSR count). The first-order chi connectivity index (χ1) is 13.5. The van der Waals surface area contributed by atoms with Gasteiger partial charge in [0, 0.05) is 32.6 Å². The third-order valence-electron chi connectivity index (χ3n) is 4.86. The molecule has 1 atom stereocenters. The first-order valence-electron chi connectivity index (χ1n) is 9.40. The van der Waals surface area contributed by atoms with Gasteiger partial charge in [-0.25, -0.2) is 4.79 Å². The van der Waals surface area contributed by atoms with Gasteiger partial charge in [0.15, 0.2) is 0 Å². The van der Waals surface area contributed by atoms with Gasteiger partial charge < -0.3 is 25.2 Å². The Bertz CT molecular complexity index is 773. The van der Waals surface area contributed by atoms with Crippen molar-refractivity contribution in [3.63, 3.8) is 0 Å². The van der Waals surface area contributed by atoms with Crippen LogP contribution < -0.4 is 10.6 Å². The van der Waals surface area contributed by atoms with Crippen LogP contribution >= 0.6 is 0 Å². The molecule has 2 aliphatic heterocycles. The molecule has 4 amide bonds. The second-order valence-electron chi connectivity index (χ2n) is 6.67. The molecule has 1 aromatic carbocycles. The van der Waals surface area contributed by atoms with Crippen molar-refractivity contribution in [2.24, 2.45) is 0 Å². The van der Waals surface area contributed by atoms with Crippen molar-refractivity contribution >= 4 is 29.5 Å². The van der Waals surface area contributed by atoms with E-state index < -0.39 is 6.04 Å². The van der Waals surface area contributed by atoms with Crippen LogP contribution in [0.4, 0.5) is 10.5 Å². The molecule has 2 aliphatic rings. The summed E-state index contributed by atoms with van der Waals surface area (Å²) in [6.45, 7) is 3.75. The number of hydrogen-bond acceptors (Lipinski definition) is 5. The third-order valence-corrected chi connectivity index (χ3v) is 4.86. The molecule has 0 bridgehead atoms. The number of anilines is 1. The molecule has 0 aliphatic carbocycles. The number of piperazine rings is 1. The monoisotopic (exact) mass is 388 g/mol. The Kier molecular flexibility index (Phi) is 6.13. The number of para-hydroxylation sites is 1. The van der Waals surface area contributed by atoms with Gasteiger partial charge >= 0.3 is 6.09 Å². The summed E-state index contributed by atoms with van der Waals surface area (Å²) in [6, 6.07) is 6.01. The number of nitrogens with one attached hydrogen (secondary N) is 2. The first-order valence-corrected chi connectivity index (χ1v) is 9.40. The predicted molar refractivity (Wildman–Crippen MR) is 101 cm³/mol. The molecule has 28 heavy (non-hydrogen) atoms. The number of benzene rings is 1. The third kappa shape index (κ3) is 4.41. The molecule has 1 saturated heterocycles. The highest BCUT2D eigenvalue weighted by Gasteiger charge is 2.29. The zero-order valence-electron chi connectivity index (χ0n) is 15.8. The van der Waals surface area contributed by atoms with E-state index in [2.05, 4.69) is 10.6 Å². The molecule has 0 saturated carbocycles. The number of carbonyl (C=O) groups is 4. The van der Waals surface area contributed by atoms with E-state index in [4.69, 9.17) is 4.74 Å². The van der Waals surface area contributed by atoms with E-state index in [0.717, 1.165) is 0 Å². The van der Waals surface area contributed by atoms with E-state index in [1.165, 1.54) is 0 Å². The number of fused-ring (bicyclic) bond motifs is 1. The van der Waals surface area contributed by atoms with Gasteiger partial charge in [-0.1, -0.05) is 12.1 Å². The highest BCUT2D eigenvalue weighted by atomic mass is 16.6. The standard InChI is InChI=1S/C19H24N4O5/c1-2-28-19(27)23-11-9-22(10-12-23)16(24)8-7-15-18(26)20-14-6-4-3-5-13(14)17(25)21-15/h3-6,15H,2,7-12H2,1H3,(H,20,26)(H,21,25)/t15-/m1/s1. The largest absolute Gasteiger partial charge is 0.450 e. The Morgan fingerprint density at radius 2 is 1.79 bits per heavy atom. The number of hydrogen-bond donors (Lipinski definition) is 2. The summed E-state index contributed by atoms with van der Waals surface area (Å²) in [5.74, 6) is -0.778. The summed E-state index contributed by atoms with van der Waals surface area (Å²) < 4.78 is 4.96. The zero-order chi connectivity index (χ0) is 20.1. The van der Waals surface area contributed by atoms with Gasteiger partial charge in [0.25, 0.3) is 5.91 Å². The van der Waals surface area contributed by atoms with Crippen LogP contribution in [0.2, 0.25) is 0 Å². The van der Waals surface area contributed by atoms with E-state index in [9.17, 15) is 19.2 Å². The number of nitrogens with zero attached hydrogens (tertiary/aromatic N) is 2. The van der Waals surface area contributed by atoms with Crippen LogP contribution in [0.5, 0.6) is 0 Å².